The molecule has 1 atom stereocenters. The molecule has 0 saturated heterocycles. The van der Waals surface area contributed by atoms with Gasteiger partial charge in [-0.1, -0.05) is 35.9 Å². The fourth-order valence-electron chi connectivity index (χ4n) is 3.01. The first-order chi connectivity index (χ1) is 13.7. The summed E-state index contributed by atoms with van der Waals surface area (Å²) < 4.78 is 24.5. The van der Waals surface area contributed by atoms with Crippen molar-refractivity contribution in [2.75, 3.05) is 11.6 Å². The Labute approximate surface area is 169 Å². The molecule has 2 aromatic carbocycles. The fraction of sp³-hybridized carbons (Fsp3) is 0.190. The van der Waals surface area contributed by atoms with Gasteiger partial charge in [-0.15, -0.1) is 0 Å². The molecule has 3 aromatic rings. The zero-order chi connectivity index (χ0) is 21.0. The van der Waals surface area contributed by atoms with Gasteiger partial charge < -0.3 is 5.32 Å². The number of rotatable bonds is 7. The molecule has 3 rings (SSSR count). The highest BCUT2D eigenvalue weighted by atomic mass is 32.2. The molecule has 29 heavy (non-hydrogen) atoms. The van der Waals surface area contributed by atoms with E-state index in [9.17, 15) is 18.5 Å². The Kier molecular flexibility index (Phi) is 5.93. The molecule has 8 heteroatoms. The van der Waals surface area contributed by atoms with E-state index in [1.807, 2.05) is 43.3 Å². The Morgan fingerprint density at radius 3 is 2.41 bits per heavy atom. The van der Waals surface area contributed by atoms with Gasteiger partial charge in [-0.25, -0.2) is 8.42 Å². The second kappa shape index (κ2) is 8.40. The number of hydrogen-bond donors (Lipinski definition) is 1. The van der Waals surface area contributed by atoms with Crippen molar-refractivity contribution in [3.63, 3.8) is 0 Å². The van der Waals surface area contributed by atoms with E-state index in [4.69, 9.17) is 0 Å². The summed E-state index contributed by atoms with van der Waals surface area (Å²) in [6, 6.07) is 17.1. The van der Waals surface area contributed by atoms with Gasteiger partial charge in [0.2, 0.25) is 0 Å². The molecule has 0 radical (unpaired) electrons. The van der Waals surface area contributed by atoms with E-state index in [-0.39, 0.29) is 16.6 Å². The van der Waals surface area contributed by atoms with Crippen molar-refractivity contribution in [3.8, 4) is 0 Å². The maximum atomic E-state index is 12.3. The smallest absolute Gasteiger partial charge is 0.270 e. The van der Waals surface area contributed by atoms with Crippen LogP contribution in [0.5, 0.6) is 0 Å². The van der Waals surface area contributed by atoms with Crippen LogP contribution in [0.15, 0.2) is 71.8 Å². The standard InChI is InChI=1S/C21H21N3O4S/c1-15-6-8-16(9-7-15)13-20(18-5-3-4-12-22-18)23-19-11-10-17(24(25)26)14-21(19)29(2,27)28/h3-12,14,20,23H,13H2,1-2H3. The first-order valence-electron chi connectivity index (χ1n) is 8.95. The predicted octanol–water partition coefficient (Wildman–Crippen LogP) is 4.10. The summed E-state index contributed by atoms with van der Waals surface area (Å²) in [5.41, 5.74) is 2.98. The molecule has 0 aliphatic carbocycles. The number of benzene rings is 2. The van der Waals surface area contributed by atoms with E-state index in [2.05, 4.69) is 10.3 Å². The number of pyridine rings is 1. The maximum Gasteiger partial charge on any atom is 0.270 e. The first kappa shape index (κ1) is 20.5. The molecule has 150 valence electrons. The van der Waals surface area contributed by atoms with Gasteiger partial charge in [0.25, 0.3) is 5.69 Å². The van der Waals surface area contributed by atoms with Gasteiger partial charge in [-0.2, -0.15) is 0 Å². The topological polar surface area (TPSA) is 102 Å². The Balaban J connectivity index is 2.01. The van der Waals surface area contributed by atoms with E-state index >= 15 is 0 Å². The van der Waals surface area contributed by atoms with Crippen LogP contribution in [0.4, 0.5) is 11.4 Å². The van der Waals surface area contributed by atoms with Crippen molar-refractivity contribution < 1.29 is 13.3 Å². The van der Waals surface area contributed by atoms with Crippen molar-refractivity contribution in [1.82, 2.24) is 4.98 Å². The second-order valence-electron chi connectivity index (χ2n) is 6.85. The maximum absolute atomic E-state index is 12.3. The van der Waals surface area contributed by atoms with Gasteiger partial charge >= 0.3 is 0 Å². The lowest BCUT2D eigenvalue weighted by Crippen LogP contribution is -2.17. The van der Waals surface area contributed by atoms with Crippen molar-refractivity contribution >= 4 is 21.2 Å². The van der Waals surface area contributed by atoms with Crippen molar-refractivity contribution in [2.45, 2.75) is 24.3 Å². The third-order valence-electron chi connectivity index (χ3n) is 4.51. The van der Waals surface area contributed by atoms with Crippen LogP contribution in [-0.4, -0.2) is 24.6 Å². The summed E-state index contributed by atoms with van der Waals surface area (Å²) in [6.07, 6.45) is 3.27. The minimum atomic E-state index is -3.68. The zero-order valence-corrected chi connectivity index (χ0v) is 16.9. The van der Waals surface area contributed by atoms with Crippen molar-refractivity contribution in [2.24, 2.45) is 0 Å². The van der Waals surface area contributed by atoms with E-state index in [1.54, 1.807) is 12.3 Å². The van der Waals surface area contributed by atoms with Gasteiger partial charge in [0.05, 0.1) is 27.2 Å². The SMILES string of the molecule is Cc1ccc(CC(Nc2ccc([N+](=O)[O-])cc2S(C)(=O)=O)c2ccccn2)cc1. The number of nitro groups is 1. The summed E-state index contributed by atoms with van der Waals surface area (Å²) in [5, 5.41) is 14.3. The number of nitro benzene ring substituents is 1. The third kappa shape index (κ3) is 5.17. The van der Waals surface area contributed by atoms with E-state index in [1.165, 1.54) is 12.1 Å². The Hall–Kier alpha value is -3.26. The summed E-state index contributed by atoms with van der Waals surface area (Å²) >= 11 is 0. The molecule has 7 nitrogen and oxygen atoms in total. The molecule has 1 unspecified atom stereocenters. The van der Waals surface area contributed by atoms with Crippen LogP contribution < -0.4 is 5.32 Å². The van der Waals surface area contributed by atoms with Gasteiger partial charge in [-0.3, -0.25) is 15.1 Å². The van der Waals surface area contributed by atoms with Gasteiger partial charge in [0, 0.05) is 24.6 Å². The summed E-state index contributed by atoms with van der Waals surface area (Å²) in [4.78, 5) is 14.8. The summed E-state index contributed by atoms with van der Waals surface area (Å²) in [6.45, 7) is 2.01. The number of anilines is 1. The molecule has 0 amide bonds. The number of aromatic nitrogens is 1. The second-order valence-corrected chi connectivity index (χ2v) is 8.84. The number of sulfone groups is 1. The molecule has 0 saturated carbocycles. The number of nitrogens with zero attached hydrogens (tertiary/aromatic N) is 2. The van der Waals surface area contributed by atoms with Crippen LogP contribution in [0.3, 0.4) is 0 Å². The minimum Gasteiger partial charge on any atom is -0.375 e. The van der Waals surface area contributed by atoms with Gasteiger partial charge in [-0.05, 0) is 37.1 Å². The van der Waals surface area contributed by atoms with E-state index in [0.717, 1.165) is 29.1 Å². The Morgan fingerprint density at radius 2 is 1.83 bits per heavy atom. The average molecular weight is 411 g/mol. The average Bonchev–Trinajstić information content (AvgIpc) is 2.69. The van der Waals surface area contributed by atoms with Crippen molar-refractivity contribution in [1.29, 1.82) is 0 Å². The number of nitrogens with one attached hydrogen (secondary N) is 1. The van der Waals surface area contributed by atoms with Gasteiger partial charge in [0.15, 0.2) is 9.84 Å². The Morgan fingerprint density at radius 1 is 1.10 bits per heavy atom. The predicted molar refractivity (Wildman–Crippen MR) is 112 cm³/mol. The highest BCUT2D eigenvalue weighted by Crippen LogP contribution is 2.30. The largest absolute Gasteiger partial charge is 0.375 e. The third-order valence-corrected chi connectivity index (χ3v) is 5.65. The molecule has 1 N–H and O–H groups in total. The van der Waals surface area contributed by atoms with Crippen LogP contribution in [0, 0.1) is 17.0 Å². The van der Waals surface area contributed by atoms with Crippen LogP contribution >= 0.6 is 0 Å². The highest BCUT2D eigenvalue weighted by molar-refractivity contribution is 7.90. The molecule has 0 aliphatic heterocycles. The Bertz CT molecular complexity index is 1110. The zero-order valence-electron chi connectivity index (χ0n) is 16.1. The fourth-order valence-corrected chi connectivity index (χ4v) is 3.87. The molecule has 1 heterocycles. The minimum absolute atomic E-state index is 0.114. The number of hydrogen-bond acceptors (Lipinski definition) is 6. The monoisotopic (exact) mass is 411 g/mol. The van der Waals surface area contributed by atoms with E-state index in [0.29, 0.717) is 12.1 Å². The lowest BCUT2D eigenvalue weighted by Gasteiger charge is -2.21. The molecule has 0 spiro atoms. The van der Waals surface area contributed by atoms with E-state index < -0.39 is 14.8 Å². The van der Waals surface area contributed by atoms with Crippen LogP contribution in [0.2, 0.25) is 0 Å². The lowest BCUT2D eigenvalue weighted by atomic mass is 10.0. The van der Waals surface area contributed by atoms with Crippen molar-refractivity contribution in [3.05, 3.63) is 93.8 Å². The number of aryl methyl sites for hydroxylation is 1. The molecule has 0 bridgehead atoms. The summed E-state index contributed by atoms with van der Waals surface area (Å²) in [5.74, 6) is 0. The van der Waals surface area contributed by atoms with Crippen LogP contribution in [0.1, 0.15) is 22.9 Å². The molecule has 0 fully saturated rings. The number of non-ortho nitro benzene ring substituents is 1. The molecule has 1 aromatic heterocycles. The normalized spacial score (nSPS) is 12.3. The summed E-state index contributed by atoms with van der Waals surface area (Å²) in [7, 11) is -3.68. The molecular weight excluding hydrogens is 390 g/mol. The molecular formula is C21H21N3O4S. The highest BCUT2D eigenvalue weighted by Gasteiger charge is 2.22. The van der Waals surface area contributed by atoms with Gasteiger partial charge in [0.1, 0.15) is 0 Å². The van der Waals surface area contributed by atoms with Crippen LogP contribution in [0.25, 0.3) is 0 Å². The lowest BCUT2D eigenvalue weighted by molar-refractivity contribution is -0.385. The molecule has 0 aliphatic rings. The first-order valence-corrected chi connectivity index (χ1v) is 10.8. The quantitative estimate of drug-likeness (QED) is 0.464. The van der Waals surface area contributed by atoms with Crippen LogP contribution in [-0.2, 0) is 16.3 Å².